The van der Waals surface area contributed by atoms with E-state index in [0.29, 0.717) is 30.6 Å². The number of fused-ring (bicyclic) bond motifs is 2. The highest BCUT2D eigenvalue weighted by Gasteiger charge is 2.41. The summed E-state index contributed by atoms with van der Waals surface area (Å²) in [4.78, 5) is 11.5. The van der Waals surface area contributed by atoms with E-state index in [1.54, 1.807) is 24.3 Å². The Morgan fingerprint density at radius 2 is 1.93 bits per heavy atom. The van der Waals surface area contributed by atoms with Crippen LogP contribution in [0, 0.1) is 11.7 Å². The van der Waals surface area contributed by atoms with E-state index in [-0.39, 0.29) is 11.7 Å². The van der Waals surface area contributed by atoms with Crippen LogP contribution in [0.2, 0.25) is 0 Å². The predicted molar refractivity (Wildman–Crippen MR) is 105 cm³/mol. The molecule has 1 aliphatic heterocycles. The maximum Gasteiger partial charge on any atom is 0.336 e. The second-order valence-electron chi connectivity index (χ2n) is 8.00. The monoisotopic (exact) mass is 382 g/mol. The van der Waals surface area contributed by atoms with Crippen LogP contribution in [-0.4, -0.2) is 16.8 Å². The van der Waals surface area contributed by atoms with E-state index < -0.39 is 17.3 Å². The van der Waals surface area contributed by atoms with E-state index in [9.17, 15) is 14.3 Å². The van der Waals surface area contributed by atoms with Crippen LogP contribution in [0.5, 0.6) is 5.75 Å². The lowest BCUT2D eigenvalue weighted by molar-refractivity contribution is -0.0434. The Bertz CT molecular complexity index is 1050. The zero-order valence-electron chi connectivity index (χ0n) is 15.9. The predicted octanol–water partition coefficient (Wildman–Crippen LogP) is 4.26. The molecule has 5 heteroatoms. The van der Waals surface area contributed by atoms with Crippen molar-refractivity contribution in [1.29, 1.82) is 0 Å². The van der Waals surface area contributed by atoms with Crippen molar-refractivity contribution in [3.63, 3.8) is 0 Å². The second-order valence-corrected chi connectivity index (χ2v) is 8.00. The van der Waals surface area contributed by atoms with Gasteiger partial charge in [-0.1, -0.05) is 12.1 Å². The summed E-state index contributed by atoms with van der Waals surface area (Å²) >= 11 is 0. The Balaban J connectivity index is 1.56. The molecule has 2 aromatic carbocycles. The van der Waals surface area contributed by atoms with E-state index in [1.807, 2.05) is 19.9 Å². The molecule has 2 heterocycles. The van der Waals surface area contributed by atoms with Gasteiger partial charge in [-0.15, -0.1) is 0 Å². The van der Waals surface area contributed by atoms with Gasteiger partial charge in [0.15, 0.2) is 0 Å². The molecule has 2 atom stereocenters. The smallest absolute Gasteiger partial charge is 0.336 e. The molecular formula is C23H23FO4. The largest absolute Gasteiger partial charge is 0.487 e. The average Bonchev–Trinajstić information content (AvgIpc) is 2.64. The summed E-state index contributed by atoms with van der Waals surface area (Å²) in [7, 11) is 0. The standard InChI is InChI=1S/C23H23FO4/c1-23(2)18(19(25)9-5-14-3-7-17(24)8-4-14)12-16-11-15-6-10-22(26)27-20(15)13-21(16)28-23/h3-4,6-8,10-11,13,18-19,25H,5,9,12H2,1-2H3/t18?,19-/m0/s1. The minimum atomic E-state index is -0.571. The van der Waals surface area contributed by atoms with Crippen molar-refractivity contribution in [2.24, 2.45) is 5.92 Å². The van der Waals surface area contributed by atoms with Gasteiger partial charge in [0.25, 0.3) is 0 Å². The van der Waals surface area contributed by atoms with E-state index >= 15 is 0 Å². The number of rotatable bonds is 4. The molecule has 0 spiro atoms. The van der Waals surface area contributed by atoms with Crippen LogP contribution in [-0.2, 0) is 12.8 Å². The van der Waals surface area contributed by atoms with Crippen molar-refractivity contribution in [1.82, 2.24) is 0 Å². The number of hydrogen-bond acceptors (Lipinski definition) is 4. The average molecular weight is 382 g/mol. The highest BCUT2D eigenvalue weighted by molar-refractivity contribution is 5.79. The number of benzene rings is 2. The maximum atomic E-state index is 13.1. The van der Waals surface area contributed by atoms with Crippen LogP contribution in [0.15, 0.2) is 57.7 Å². The summed E-state index contributed by atoms with van der Waals surface area (Å²) in [5.41, 5.74) is 1.52. The van der Waals surface area contributed by atoms with Gasteiger partial charge in [0, 0.05) is 23.4 Å². The number of aliphatic hydroxyl groups is 1. The molecule has 146 valence electrons. The number of halogens is 1. The fourth-order valence-electron chi connectivity index (χ4n) is 4.01. The van der Waals surface area contributed by atoms with Gasteiger partial charge in [0.2, 0.25) is 0 Å². The Hall–Kier alpha value is -2.66. The van der Waals surface area contributed by atoms with E-state index in [1.165, 1.54) is 18.2 Å². The minimum Gasteiger partial charge on any atom is -0.487 e. The molecule has 1 aromatic heterocycles. The van der Waals surface area contributed by atoms with Gasteiger partial charge >= 0.3 is 5.63 Å². The molecule has 28 heavy (non-hydrogen) atoms. The van der Waals surface area contributed by atoms with Crippen molar-refractivity contribution < 1.29 is 18.7 Å². The molecule has 0 fully saturated rings. The maximum absolute atomic E-state index is 13.1. The molecule has 0 amide bonds. The summed E-state index contributed by atoms with van der Waals surface area (Å²) in [5.74, 6) is 0.341. The van der Waals surface area contributed by atoms with Crippen molar-refractivity contribution in [2.75, 3.05) is 0 Å². The molecule has 0 saturated heterocycles. The molecule has 1 unspecified atom stereocenters. The van der Waals surface area contributed by atoms with Crippen LogP contribution in [0.1, 0.15) is 31.4 Å². The number of aryl methyl sites for hydroxylation is 1. The van der Waals surface area contributed by atoms with E-state index in [2.05, 4.69) is 0 Å². The van der Waals surface area contributed by atoms with Gasteiger partial charge in [0.05, 0.1) is 6.10 Å². The summed E-state index contributed by atoms with van der Waals surface area (Å²) in [5, 5.41) is 11.7. The molecule has 0 radical (unpaired) electrons. The second kappa shape index (κ2) is 7.06. The van der Waals surface area contributed by atoms with Gasteiger partial charge < -0.3 is 14.3 Å². The molecule has 0 saturated carbocycles. The first-order valence-electron chi connectivity index (χ1n) is 9.50. The van der Waals surface area contributed by atoms with Crippen molar-refractivity contribution >= 4 is 11.0 Å². The molecule has 4 rings (SSSR count). The Morgan fingerprint density at radius 3 is 2.68 bits per heavy atom. The molecule has 0 aliphatic carbocycles. The van der Waals surface area contributed by atoms with Crippen LogP contribution in [0.3, 0.4) is 0 Å². The minimum absolute atomic E-state index is 0.0892. The third-order valence-electron chi connectivity index (χ3n) is 5.61. The first-order valence-corrected chi connectivity index (χ1v) is 9.50. The molecule has 0 bridgehead atoms. The lowest BCUT2D eigenvalue weighted by Crippen LogP contribution is -2.48. The van der Waals surface area contributed by atoms with Crippen LogP contribution in [0.4, 0.5) is 4.39 Å². The molecule has 1 aliphatic rings. The van der Waals surface area contributed by atoms with Crippen molar-refractivity contribution in [3.8, 4) is 5.75 Å². The third kappa shape index (κ3) is 3.67. The summed E-state index contributed by atoms with van der Waals surface area (Å²) in [6.07, 6.45) is 1.35. The highest BCUT2D eigenvalue weighted by Crippen LogP contribution is 2.41. The SMILES string of the molecule is CC1(C)Oc2cc3oc(=O)ccc3cc2CC1[C@@H](O)CCc1ccc(F)cc1. The topological polar surface area (TPSA) is 59.7 Å². The first kappa shape index (κ1) is 18.7. The number of ether oxygens (including phenoxy) is 1. The highest BCUT2D eigenvalue weighted by atomic mass is 19.1. The zero-order chi connectivity index (χ0) is 19.9. The van der Waals surface area contributed by atoms with E-state index in [0.717, 1.165) is 16.5 Å². The Kier molecular flexibility index (Phi) is 4.71. The number of aliphatic hydroxyl groups excluding tert-OH is 1. The fraction of sp³-hybridized carbons (Fsp3) is 0.348. The zero-order valence-corrected chi connectivity index (χ0v) is 15.9. The first-order chi connectivity index (χ1) is 13.3. The lowest BCUT2D eigenvalue weighted by Gasteiger charge is -2.42. The van der Waals surface area contributed by atoms with Crippen LogP contribution in [0.25, 0.3) is 11.0 Å². The summed E-state index contributed by atoms with van der Waals surface area (Å²) in [6, 6.07) is 13.2. The van der Waals surface area contributed by atoms with Crippen LogP contribution >= 0.6 is 0 Å². The van der Waals surface area contributed by atoms with E-state index in [4.69, 9.17) is 9.15 Å². The molecule has 3 aromatic rings. The van der Waals surface area contributed by atoms with Gasteiger partial charge in [-0.25, -0.2) is 9.18 Å². The molecule has 1 N–H and O–H groups in total. The Morgan fingerprint density at radius 1 is 1.18 bits per heavy atom. The molecule has 4 nitrogen and oxygen atoms in total. The third-order valence-corrected chi connectivity index (χ3v) is 5.61. The Labute approximate surface area is 162 Å². The summed E-state index contributed by atoms with van der Waals surface area (Å²) in [6.45, 7) is 3.93. The van der Waals surface area contributed by atoms with Gasteiger partial charge in [0.1, 0.15) is 22.8 Å². The van der Waals surface area contributed by atoms with Crippen molar-refractivity contribution in [2.45, 2.75) is 44.8 Å². The van der Waals surface area contributed by atoms with Crippen LogP contribution < -0.4 is 10.4 Å². The van der Waals surface area contributed by atoms with Gasteiger partial charge in [-0.05, 0) is 68.5 Å². The summed E-state index contributed by atoms with van der Waals surface area (Å²) < 4.78 is 24.5. The lowest BCUT2D eigenvalue weighted by atomic mass is 9.77. The van der Waals surface area contributed by atoms with Crippen molar-refractivity contribution in [3.05, 3.63) is 75.9 Å². The normalized spacial score (nSPS) is 19.1. The molecular weight excluding hydrogens is 359 g/mol. The number of hydrogen-bond donors (Lipinski definition) is 1. The fourth-order valence-corrected chi connectivity index (χ4v) is 4.01. The van der Waals surface area contributed by atoms with Gasteiger partial charge in [-0.3, -0.25) is 0 Å². The quantitative estimate of drug-likeness (QED) is 0.685. The van der Waals surface area contributed by atoms with Gasteiger partial charge in [-0.2, -0.15) is 0 Å².